The summed E-state index contributed by atoms with van der Waals surface area (Å²) in [5.74, 6) is -0.531. The van der Waals surface area contributed by atoms with E-state index in [2.05, 4.69) is 20.9 Å². The van der Waals surface area contributed by atoms with Crippen molar-refractivity contribution in [2.24, 2.45) is 0 Å². The van der Waals surface area contributed by atoms with E-state index in [-0.39, 0.29) is 30.0 Å². The number of hydrogen-bond acceptors (Lipinski definition) is 4. The number of nitrogens with one attached hydrogen (secondary N) is 2. The molecule has 0 spiro atoms. The van der Waals surface area contributed by atoms with Gasteiger partial charge in [0.05, 0.1) is 6.20 Å². The van der Waals surface area contributed by atoms with Gasteiger partial charge < -0.3 is 10.6 Å². The Labute approximate surface area is 126 Å². The number of anilines is 1. The standard InChI is InChI=1S/C14H16FN5O2/c1-10(21)17-13-8-20(19-18-13)9-14(22)16-7-6-11-4-2-3-5-12(11)15/h2-5,8H,6-7,9H2,1H3,(H,16,22)(H,17,21). The quantitative estimate of drug-likeness (QED) is 0.823. The van der Waals surface area contributed by atoms with Crippen molar-refractivity contribution in [3.05, 3.63) is 41.8 Å². The third-order valence-corrected chi connectivity index (χ3v) is 2.82. The zero-order chi connectivity index (χ0) is 15.9. The molecule has 0 aliphatic rings. The summed E-state index contributed by atoms with van der Waals surface area (Å²) < 4.78 is 14.7. The zero-order valence-electron chi connectivity index (χ0n) is 12.0. The van der Waals surface area contributed by atoms with Gasteiger partial charge in [-0.15, -0.1) is 5.10 Å². The molecule has 2 rings (SSSR count). The van der Waals surface area contributed by atoms with Crippen molar-refractivity contribution >= 4 is 17.6 Å². The first kappa shape index (κ1) is 15.6. The molecule has 0 atom stereocenters. The SMILES string of the molecule is CC(=O)Nc1cn(CC(=O)NCCc2ccccc2F)nn1. The molecule has 0 aliphatic carbocycles. The summed E-state index contributed by atoms with van der Waals surface area (Å²) in [6.45, 7) is 1.66. The van der Waals surface area contributed by atoms with Crippen LogP contribution in [-0.2, 0) is 22.6 Å². The Kier molecular flexibility index (Phi) is 5.18. The van der Waals surface area contributed by atoms with Crippen molar-refractivity contribution in [1.82, 2.24) is 20.3 Å². The molecule has 0 bridgehead atoms. The van der Waals surface area contributed by atoms with E-state index < -0.39 is 0 Å². The molecule has 0 aliphatic heterocycles. The van der Waals surface area contributed by atoms with Gasteiger partial charge in [0.1, 0.15) is 12.4 Å². The van der Waals surface area contributed by atoms with Crippen LogP contribution in [0.2, 0.25) is 0 Å². The number of aromatic nitrogens is 3. The molecule has 0 radical (unpaired) electrons. The van der Waals surface area contributed by atoms with E-state index in [1.807, 2.05) is 0 Å². The normalized spacial score (nSPS) is 10.3. The van der Waals surface area contributed by atoms with Gasteiger partial charge in [0, 0.05) is 13.5 Å². The van der Waals surface area contributed by atoms with Crippen molar-refractivity contribution in [3.8, 4) is 0 Å². The number of nitrogens with zero attached hydrogens (tertiary/aromatic N) is 3. The lowest BCUT2D eigenvalue weighted by atomic mass is 10.1. The van der Waals surface area contributed by atoms with Crippen LogP contribution in [0.15, 0.2) is 30.5 Å². The maximum absolute atomic E-state index is 13.4. The van der Waals surface area contributed by atoms with Crippen molar-refractivity contribution < 1.29 is 14.0 Å². The Hall–Kier alpha value is -2.77. The molecular formula is C14H16FN5O2. The van der Waals surface area contributed by atoms with Gasteiger partial charge in [-0.05, 0) is 18.1 Å². The fourth-order valence-electron chi connectivity index (χ4n) is 1.85. The molecule has 2 amide bonds. The molecule has 0 unspecified atom stereocenters. The van der Waals surface area contributed by atoms with Crippen LogP contribution in [0.25, 0.3) is 0 Å². The van der Waals surface area contributed by atoms with Crippen molar-refractivity contribution in [2.75, 3.05) is 11.9 Å². The Morgan fingerprint density at radius 3 is 2.82 bits per heavy atom. The minimum atomic E-state index is -0.284. The lowest BCUT2D eigenvalue weighted by molar-refractivity contribution is -0.121. The Morgan fingerprint density at radius 1 is 1.32 bits per heavy atom. The average Bonchev–Trinajstić information content (AvgIpc) is 2.87. The highest BCUT2D eigenvalue weighted by Crippen LogP contribution is 2.06. The van der Waals surface area contributed by atoms with E-state index >= 15 is 0 Å². The summed E-state index contributed by atoms with van der Waals surface area (Å²) >= 11 is 0. The largest absolute Gasteiger partial charge is 0.354 e. The second kappa shape index (κ2) is 7.30. The number of rotatable bonds is 6. The van der Waals surface area contributed by atoms with E-state index in [9.17, 15) is 14.0 Å². The molecule has 2 aromatic rings. The Balaban J connectivity index is 1.77. The first-order valence-electron chi connectivity index (χ1n) is 6.72. The number of halogens is 1. The molecule has 22 heavy (non-hydrogen) atoms. The van der Waals surface area contributed by atoms with E-state index in [1.54, 1.807) is 18.2 Å². The van der Waals surface area contributed by atoms with E-state index in [0.717, 1.165) is 0 Å². The number of hydrogen-bond donors (Lipinski definition) is 2. The van der Waals surface area contributed by atoms with Gasteiger partial charge in [-0.3, -0.25) is 9.59 Å². The van der Waals surface area contributed by atoms with Gasteiger partial charge in [0.25, 0.3) is 0 Å². The van der Waals surface area contributed by atoms with Crippen molar-refractivity contribution in [2.45, 2.75) is 19.9 Å². The lowest BCUT2D eigenvalue weighted by Gasteiger charge is -2.05. The molecule has 0 fully saturated rings. The van der Waals surface area contributed by atoms with Gasteiger partial charge >= 0.3 is 0 Å². The van der Waals surface area contributed by atoms with Gasteiger partial charge in [-0.1, -0.05) is 23.4 Å². The highest BCUT2D eigenvalue weighted by molar-refractivity contribution is 5.87. The monoisotopic (exact) mass is 305 g/mol. The number of carbonyl (C=O) groups excluding carboxylic acids is 2. The second-order valence-electron chi connectivity index (χ2n) is 4.67. The van der Waals surface area contributed by atoms with Gasteiger partial charge in [0.15, 0.2) is 5.82 Å². The van der Waals surface area contributed by atoms with Crippen LogP contribution in [0.3, 0.4) is 0 Å². The zero-order valence-corrected chi connectivity index (χ0v) is 12.0. The summed E-state index contributed by atoms with van der Waals surface area (Å²) in [7, 11) is 0. The molecular weight excluding hydrogens is 289 g/mol. The van der Waals surface area contributed by atoms with Crippen LogP contribution in [-0.4, -0.2) is 33.4 Å². The molecule has 1 aromatic carbocycles. The average molecular weight is 305 g/mol. The summed E-state index contributed by atoms with van der Waals surface area (Å²) in [6.07, 6.45) is 1.87. The van der Waals surface area contributed by atoms with Crippen LogP contribution in [0.1, 0.15) is 12.5 Å². The van der Waals surface area contributed by atoms with Gasteiger partial charge in [0.2, 0.25) is 11.8 Å². The maximum atomic E-state index is 13.4. The summed E-state index contributed by atoms with van der Waals surface area (Å²) in [4.78, 5) is 22.6. The highest BCUT2D eigenvalue weighted by atomic mass is 19.1. The molecule has 1 aromatic heterocycles. The summed E-state index contributed by atoms with van der Waals surface area (Å²) in [6, 6.07) is 6.43. The molecule has 1 heterocycles. The van der Waals surface area contributed by atoms with Gasteiger partial charge in [-0.25, -0.2) is 9.07 Å². The molecule has 8 heteroatoms. The first-order valence-corrected chi connectivity index (χ1v) is 6.72. The molecule has 0 saturated heterocycles. The number of carbonyl (C=O) groups is 2. The highest BCUT2D eigenvalue weighted by Gasteiger charge is 2.07. The fourth-order valence-corrected chi connectivity index (χ4v) is 1.85. The summed E-state index contributed by atoms with van der Waals surface area (Å²) in [5.41, 5.74) is 0.552. The minimum absolute atomic E-state index is 0.0240. The van der Waals surface area contributed by atoms with E-state index in [0.29, 0.717) is 18.5 Å². The van der Waals surface area contributed by atoms with Crippen LogP contribution in [0, 0.1) is 5.82 Å². The van der Waals surface area contributed by atoms with Crippen molar-refractivity contribution in [1.29, 1.82) is 0 Å². The predicted molar refractivity (Wildman–Crippen MR) is 77.4 cm³/mol. The maximum Gasteiger partial charge on any atom is 0.241 e. The second-order valence-corrected chi connectivity index (χ2v) is 4.67. The van der Waals surface area contributed by atoms with Gasteiger partial charge in [-0.2, -0.15) is 0 Å². The predicted octanol–water partition coefficient (Wildman–Crippen LogP) is 0.734. The van der Waals surface area contributed by atoms with E-state index in [1.165, 1.54) is 23.9 Å². The van der Waals surface area contributed by atoms with Crippen LogP contribution in [0.5, 0.6) is 0 Å². The first-order chi connectivity index (χ1) is 10.5. The Bertz CT molecular complexity index is 671. The Morgan fingerprint density at radius 2 is 2.09 bits per heavy atom. The number of benzene rings is 1. The molecule has 116 valence electrons. The minimum Gasteiger partial charge on any atom is -0.354 e. The number of amides is 2. The molecule has 2 N–H and O–H groups in total. The van der Waals surface area contributed by atoms with Crippen molar-refractivity contribution in [3.63, 3.8) is 0 Å². The fraction of sp³-hybridized carbons (Fsp3) is 0.286. The summed E-state index contributed by atoms with van der Waals surface area (Å²) in [5, 5.41) is 12.6. The topological polar surface area (TPSA) is 88.9 Å². The van der Waals surface area contributed by atoms with Crippen LogP contribution >= 0.6 is 0 Å². The van der Waals surface area contributed by atoms with Crippen LogP contribution < -0.4 is 10.6 Å². The smallest absolute Gasteiger partial charge is 0.241 e. The third kappa shape index (κ3) is 4.65. The third-order valence-electron chi connectivity index (χ3n) is 2.82. The lowest BCUT2D eigenvalue weighted by Crippen LogP contribution is -2.29. The van der Waals surface area contributed by atoms with Crippen LogP contribution in [0.4, 0.5) is 10.2 Å². The molecule has 0 saturated carbocycles. The molecule has 7 nitrogen and oxygen atoms in total. The van der Waals surface area contributed by atoms with E-state index in [4.69, 9.17) is 0 Å².